The molecule has 12 heteroatoms. The molecule has 8 nitrogen and oxygen atoms in total. The van der Waals surface area contributed by atoms with E-state index in [1.165, 1.54) is 47.4 Å². The molecule has 6 rings (SSSR count). The highest BCUT2D eigenvalue weighted by Gasteiger charge is 2.24. The van der Waals surface area contributed by atoms with Gasteiger partial charge in [-0.25, -0.2) is 9.37 Å². The summed E-state index contributed by atoms with van der Waals surface area (Å²) in [6.45, 7) is 0. The maximum Gasteiger partial charge on any atom is 0.272 e. The van der Waals surface area contributed by atoms with Gasteiger partial charge in [-0.05, 0) is 72.3 Å². The summed E-state index contributed by atoms with van der Waals surface area (Å²) in [6.07, 6.45) is 1.20. The van der Waals surface area contributed by atoms with Gasteiger partial charge >= 0.3 is 0 Å². The van der Waals surface area contributed by atoms with Gasteiger partial charge in [-0.3, -0.25) is 14.4 Å². The first-order valence-electron chi connectivity index (χ1n) is 15.8. The second kappa shape index (κ2) is 17.0. The number of nitrogens with zero attached hydrogens (tertiary/aromatic N) is 1. The third-order valence-electron chi connectivity index (χ3n) is 7.64. The number of aromatic nitrogens is 1. The first kappa shape index (κ1) is 36.1. The highest BCUT2D eigenvalue weighted by molar-refractivity contribution is 8.00. The summed E-state index contributed by atoms with van der Waals surface area (Å²) in [5.41, 5.74) is 2.76. The van der Waals surface area contributed by atoms with E-state index in [1.807, 2.05) is 60.0 Å². The fourth-order valence-corrected chi connectivity index (χ4v) is 7.03. The Morgan fingerprint density at radius 2 is 1.54 bits per heavy atom. The standard InChI is InChI=1S/C40H30ClFN4O4S2/c1-50-35-18-9-8-15-29(35)34-24-51-40(45-34)46-39(49)36(25-11-4-2-5-12-25)52-28-21-19-27(20-22-28)43-38(48)33(23-30-31(41)16-10-17-32(30)42)44-37(47)26-13-6-3-7-14-26/h2-24,36H,1H3,(H,43,48)(H,44,47)(H,45,46,49)/b33-23-. The highest BCUT2D eigenvalue weighted by Crippen LogP contribution is 2.38. The Morgan fingerprint density at radius 3 is 2.25 bits per heavy atom. The maximum absolute atomic E-state index is 14.7. The molecule has 0 fully saturated rings. The van der Waals surface area contributed by atoms with Crippen LogP contribution in [-0.4, -0.2) is 29.8 Å². The minimum Gasteiger partial charge on any atom is -0.496 e. The van der Waals surface area contributed by atoms with Crippen molar-refractivity contribution in [2.45, 2.75) is 10.1 Å². The van der Waals surface area contributed by atoms with E-state index in [1.54, 1.807) is 61.7 Å². The van der Waals surface area contributed by atoms with Gasteiger partial charge in [0.25, 0.3) is 11.8 Å². The van der Waals surface area contributed by atoms with Gasteiger partial charge in [0.1, 0.15) is 22.5 Å². The number of carbonyl (C=O) groups is 3. The number of thiazole rings is 1. The molecule has 52 heavy (non-hydrogen) atoms. The Bertz CT molecular complexity index is 2210. The molecular weight excluding hydrogens is 719 g/mol. The molecule has 1 unspecified atom stereocenters. The zero-order valence-corrected chi connectivity index (χ0v) is 29.9. The number of thioether (sulfide) groups is 1. The van der Waals surface area contributed by atoms with Crippen LogP contribution in [0.5, 0.6) is 5.75 Å². The average Bonchev–Trinajstić information content (AvgIpc) is 3.64. The lowest BCUT2D eigenvalue weighted by Gasteiger charge is -2.17. The number of hydrogen-bond acceptors (Lipinski definition) is 7. The Morgan fingerprint density at radius 1 is 0.846 bits per heavy atom. The van der Waals surface area contributed by atoms with E-state index < -0.39 is 22.9 Å². The number of nitrogens with one attached hydrogen (secondary N) is 3. The normalized spacial score (nSPS) is 11.7. The smallest absolute Gasteiger partial charge is 0.272 e. The number of anilines is 2. The summed E-state index contributed by atoms with van der Waals surface area (Å²) in [5, 5.41) is 10.1. The zero-order chi connectivity index (χ0) is 36.5. The predicted octanol–water partition coefficient (Wildman–Crippen LogP) is 9.49. The van der Waals surface area contributed by atoms with Gasteiger partial charge in [-0.1, -0.05) is 78.3 Å². The molecule has 0 radical (unpaired) electrons. The van der Waals surface area contributed by atoms with E-state index in [2.05, 4.69) is 20.9 Å². The van der Waals surface area contributed by atoms with E-state index in [4.69, 9.17) is 16.3 Å². The molecule has 6 aromatic rings. The SMILES string of the molecule is COc1ccccc1-c1csc(NC(=O)C(Sc2ccc(NC(=O)/C(=C/c3c(F)cccc3Cl)NC(=O)c3ccccc3)cc2)c2ccccc2)n1. The van der Waals surface area contributed by atoms with Crippen LogP contribution >= 0.6 is 34.7 Å². The molecule has 1 aromatic heterocycles. The van der Waals surface area contributed by atoms with E-state index in [0.717, 1.165) is 16.0 Å². The number of methoxy groups -OCH3 is 1. The number of para-hydroxylation sites is 1. The van der Waals surface area contributed by atoms with Crippen molar-refractivity contribution in [1.82, 2.24) is 10.3 Å². The number of amides is 3. The van der Waals surface area contributed by atoms with E-state index >= 15 is 0 Å². The van der Waals surface area contributed by atoms with Gasteiger partial charge in [0.05, 0.1) is 17.8 Å². The number of ether oxygens (including phenoxy) is 1. The van der Waals surface area contributed by atoms with Gasteiger partial charge in [0, 0.05) is 32.7 Å². The number of benzene rings is 5. The van der Waals surface area contributed by atoms with Crippen molar-refractivity contribution in [3.05, 3.63) is 166 Å². The Kier molecular flexibility index (Phi) is 11.8. The first-order chi connectivity index (χ1) is 25.3. The van der Waals surface area contributed by atoms with Crippen molar-refractivity contribution < 1.29 is 23.5 Å². The molecule has 1 atom stereocenters. The molecule has 1 heterocycles. The van der Waals surface area contributed by atoms with Crippen LogP contribution in [0, 0.1) is 5.82 Å². The lowest BCUT2D eigenvalue weighted by Crippen LogP contribution is -2.30. The van der Waals surface area contributed by atoms with Gasteiger partial charge in [0.15, 0.2) is 5.13 Å². The zero-order valence-electron chi connectivity index (χ0n) is 27.5. The molecule has 0 aliphatic carbocycles. The third-order valence-corrected chi connectivity index (χ3v) is 9.99. The number of hydrogen-bond donors (Lipinski definition) is 3. The fraction of sp³-hybridized carbons (Fsp3) is 0.0500. The van der Waals surface area contributed by atoms with Crippen molar-refractivity contribution in [3.63, 3.8) is 0 Å². The van der Waals surface area contributed by atoms with Crippen LogP contribution in [0.15, 0.2) is 143 Å². The number of halogens is 2. The molecule has 0 bridgehead atoms. The summed E-state index contributed by atoms with van der Waals surface area (Å²) >= 11 is 8.88. The minimum atomic E-state index is -0.693. The summed E-state index contributed by atoms with van der Waals surface area (Å²) in [7, 11) is 1.60. The predicted molar refractivity (Wildman–Crippen MR) is 206 cm³/mol. The van der Waals surface area contributed by atoms with E-state index in [-0.39, 0.29) is 22.2 Å². The van der Waals surface area contributed by atoms with Crippen LogP contribution in [0.1, 0.15) is 26.7 Å². The highest BCUT2D eigenvalue weighted by atomic mass is 35.5. The van der Waals surface area contributed by atoms with Crippen molar-refractivity contribution in [3.8, 4) is 17.0 Å². The Balaban J connectivity index is 1.19. The summed E-state index contributed by atoms with van der Waals surface area (Å²) in [6, 6.07) is 36.3. The Hall–Kier alpha value is -5.75. The summed E-state index contributed by atoms with van der Waals surface area (Å²) < 4.78 is 20.2. The molecule has 0 saturated heterocycles. The van der Waals surface area contributed by atoms with Gasteiger partial charge in [-0.2, -0.15) is 0 Å². The average molecular weight is 749 g/mol. The molecule has 260 valence electrons. The molecule has 3 N–H and O–H groups in total. The van der Waals surface area contributed by atoms with Gasteiger partial charge in [0.2, 0.25) is 5.91 Å². The van der Waals surface area contributed by atoms with E-state index in [0.29, 0.717) is 27.8 Å². The lowest BCUT2D eigenvalue weighted by molar-refractivity contribution is -0.116. The molecule has 5 aromatic carbocycles. The summed E-state index contributed by atoms with van der Waals surface area (Å²) in [4.78, 5) is 45.6. The maximum atomic E-state index is 14.7. The summed E-state index contributed by atoms with van der Waals surface area (Å²) in [5.74, 6) is -1.48. The fourth-order valence-electron chi connectivity index (χ4n) is 5.07. The topological polar surface area (TPSA) is 109 Å². The Labute approximate surface area is 312 Å². The molecular formula is C40H30ClFN4O4S2. The van der Waals surface area contributed by atoms with Crippen LogP contribution in [-0.2, 0) is 9.59 Å². The lowest BCUT2D eigenvalue weighted by atomic mass is 10.1. The quantitative estimate of drug-likeness (QED) is 0.0850. The van der Waals surface area contributed by atoms with Crippen molar-refractivity contribution in [2.75, 3.05) is 17.7 Å². The monoisotopic (exact) mass is 748 g/mol. The largest absolute Gasteiger partial charge is 0.496 e. The van der Waals surface area contributed by atoms with Crippen LogP contribution in [0.4, 0.5) is 15.2 Å². The first-order valence-corrected chi connectivity index (χ1v) is 18.0. The third kappa shape index (κ3) is 8.93. The molecule has 3 amide bonds. The molecule has 0 aliphatic heterocycles. The molecule has 0 saturated carbocycles. The molecule has 0 aliphatic rings. The van der Waals surface area contributed by atoms with E-state index in [9.17, 15) is 18.8 Å². The molecule has 0 spiro atoms. The van der Waals surface area contributed by atoms with Crippen molar-refractivity contribution in [2.24, 2.45) is 0 Å². The second-order valence-electron chi connectivity index (χ2n) is 11.1. The minimum absolute atomic E-state index is 0.0478. The number of carbonyl (C=O) groups excluding carboxylic acids is 3. The van der Waals surface area contributed by atoms with Crippen molar-refractivity contribution in [1.29, 1.82) is 0 Å². The van der Waals surface area contributed by atoms with Crippen molar-refractivity contribution >= 4 is 69.3 Å². The van der Waals surface area contributed by atoms with Crippen LogP contribution in [0.25, 0.3) is 17.3 Å². The van der Waals surface area contributed by atoms with Gasteiger partial charge < -0.3 is 20.7 Å². The second-order valence-corrected chi connectivity index (χ2v) is 13.6. The number of rotatable bonds is 12. The van der Waals surface area contributed by atoms with Gasteiger partial charge in [-0.15, -0.1) is 23.1 Å². The van der Waals surface area contributed by atoms with Crippen LogP contribution in [0.2, 0.25) is 5.02 Å². The van der Waals surface area contributed by atoms with Crippen LogP contribution in [0.3, 0.4) is 0 Å². The van der Waals surface area contributed by atoms with Crippen LogP contribution < -0.4 is 20.7 Å².